The maximum absolute atomic E-state index is 11.0. The van der Waals surface area contributed by atoms with Gasteiger partial charge >= 0.3 is 11.9 Å². The molecule has 0 aromatic carbocycles. The molecule has 240 valence electrons. The van der Waals surface area contributed by atoms with Crippen LogP contribution in [-0.4, -0.2) is 48.6 Å². The van der Waals surface area contributed by atoms with Gasteiger partial charge in [-0.3, -0.25) is 0 Å². The zero-order valence-corrected chi connectivity index (χ0v) is 27.1. The first-order valence-corrected chi connectivity index (χ1v) is 17.0. The third-order valence-electron chi connectivity index (χ3n) is 7.61. The molecule has 0 fully saturated rings. The summed E-state index contributed by atoms with van der Waals surface area (Å²) in [7, 11) is 2.63. The fourth-order valence-corrected chi connectivity index (χ4v) is 4.87. The Labute approximate surface area is 248 Å². The van der Waals surface area contributed by atoms with Gasteiger partial charge in [-0.15, -0.1) is 0 Å². The number of methoxy groups -OCH3 is 2. The van der Waals surface area contributed by atoms with Crippen molar-refractivity contribution in [1.29, 1.82) is 0 Å². The SMILES string of the molecule is CCCCCCCCCCCCCCC(O)C(=O)OC.CCCCCCCCCCCCCCC(O)C(=O)OC. The summed E-state index contributed by atoms with van der Waals surface area (Å²) in [6.07, 6.45) is 30.2. The van der Waals surface area contributed by atoms with E-state index in [2.05, 4.69) is 23.3 Å². The van der Waals surface area contributed by atoms with Crippen LogP contribution in [0.1, 0.15) is 181 Å². The van der Waals surface area contributed by atoms with Crippen molar-refractivity contribution in [2.24, 2.45) is 0 Å². The molecular weight excluding hydrogens is 504 g/mol. The van der Waals surface area contributed by atoms with Crippen LogP contribution in [0.5, 0.6) is 0 Å². The Bertz CT molecular complexity index is 479. The van der Waals surface area contributed by atoms with Crippen molar-refractivity contribution < 1.29 is 29.3 Å². The van der Waals surface area contributed by atoms with E-state index in [0.717, 1.165) is 25.7 Å². The topological polar surface area (TPSA) is 93.1 Å². The lowest BCUT2D eigenvalue weighted by atomic mass is 10.0. The predicted molar refractivity (Wildman–Crippen MR) is 167 cm³/mol. The zero-order chi connectivity index (χ0) is 30.1. The van der Waals surface area contributed by atoms with E-state index in [0.29, 0.717) is 12.8 Å². The van der Waals surface area contributed by atoms with E-state index >= 15 is 0 Å². The van der Waals surface area contributed by atoms with E-state index in [-0.39, 0.29) is 0 Å². The number of carbonyl (C=O) groups is 2. The van der Waals surface area contributed by atoms with E-state index in [1.807, 2.05) is 0 Å². The zero-order valence-electron chi connectivity index (χ0n) is 27.1. The highest BCUT2D eigenvalue weighted by molar-refractivity contribution is 5.74. The molecule has 0 saturated carbocycles. The Hall–Kier alpha value is -1.14. The van der Waals surface area contributed by atoms with Crippen molar-refractivity contribution in [2.45, 2.75) is 193 Å². The van der Waals surface area contributed by atoms with Crippen LogP contribution < -0.4 is 0 Å². The number of rotatable bonds is 28. The van der Waals surface area contributed by atoms with Gasteiger partial charge in [-0.1, -0.05) is 168 Å². The van der Waals surface area contributed by atoms with Crippen molar-refractivity contribution in [3.63, 3.8) is 0 Å². The Morgan fingerprint density at radius 3 is 0.825 bits per heavy atom. The molecule has 0 saturated heterocycles. The molecule has 0 rings (SSSR count). The summed E-state index contributed by atoms with van der Waals surface area (Å²) < 4.78 is 8.96. The highest BCUT2D eigenvalue weighted by Crippen LogP contribution is 2.14. The molecule has 6 heteroatoms. The largest absolute Gasteiger partial charge is 0.467 e. The molecule has 2 N–H and O–H groups in total. The van der Waals surface area contributed by atoms with E-state index in [4.69, 9.17) is 0 Å². The van der Waals surface area contributed by atoms with Gasteiger partial charge in [0.2, 0.25) is 0 Å². The van der Waals surface area contributed by atoms with E-state index in [9.17, 15) is 19.8 Å². The summed E-state index contributed by atoms with van der Waals surface area (Å²) in [5.41, 5.74) is 0. The molecule has 0 aliphatic rings. The molecule has 0 radical (unpaired) electrons. The van der Waals surface area contributed by atoms with E-state index in [1.54, 1.807) is 0 Å². The molecule has 0 aromatic rings. The van der Waals surface area contributed by atoms with E-state index in [1.165, 1.54) is 143 Å². The lowest BCUT2D eigenvalue weighted by molar-refractivity contribution is -0.151. The number of carbonyl (C=O) groups excluding carboxylic acids is 2. The van der Waals surface area contributed by atoms with Crippen LogP contribution >= 0.6 is 0 Å². The van der Waals surface area contributed by atoms with Crippen molar-refractivity contribution in [1.82, 2.24) is 0 Å². The molecule has 6 nitrogen and oxygen atoms in total. The number of aliphatic hydroxyl groups is 2. The second-order valence-electron chi connectivity index (χ2n) is 11.4. The van der Waals surface area contributed by atoms with Crippen LogP contribution in [0.25, 0.3) is 0 Å². The number of ether oxygens (including phenoxy) is 2. The lowest BCUT2D eigenvalue weighted by Gasteiger charge is -2.07. The van der Waals surface area contributed by atoms with Crippen molar-refractivity contribution in [3.05, 3.63) is 0 Å². The molecule has 0 aromatic heterocycles. The Balaban J connectivity index is 0. The summed E-state index contributed by atoms with van der Waals surface area (Å²) >= 11 is 0. The Morgan fingerprint density at radius 1 is 0.425 bits per heavy atom. The molecule has 0 aliphatic heterocycles. The van der Waals surface area contributed by atoms with Gasteiger partial charge in [0.1, 0.15) is 0 Å². The number of hydrogen-bond donors (Lipinski definition) is 2. The summed E-state index contributed by atoms with van der Waals surface area (Å²) in [4.78, 5) is 21.9. The minimum Gasteiger partial charge on any atom is -0.467 e. The van der Waals surface area contributed by atoms with E-state index < -0.39 is 24.1 Å². The summed E-state index contributed by atoms with van der Waals surface area (Å²) in [6.45, 7) is 4.51. The minimum absolute atomic E-state index is 0.506. The van der Waals surface area contributed by atoms with Crippen LogP contribution in [0, 0.1) is 0 Å². The molecule has 0 aliphatic carbocycles. The average molecular weight is 573 g/mol. The molecule has 2 atom stereocenters. The fraction of sp³-hybridized carbons (Fsp3) is 0.941. The van der Waals surface area contributed by atoms with Crippen molar-refractivity contribution >= 4 is 11.9 Å². The first-order valence-electron chi connectivity index (χ1n) is 17.0. The summed E-state index contributed by atoms with van der Waals surface area (Å²) in [6, 6.07) is 0. The van der Waals surface area contributed by atoms with Gasteiger partial charge in [0.25, 0.3) is 0 Å². The third-order valence-corrected chi connectivity index (χ3v) is 7.61. The number of esters is 2. The minimum atomic E-state index is -0.928. The summed E-state index contributed by atoms with van der Waals surface area (Å²) in [5, 5.41) is 18.8. The molecule has 0 bridgehead atoms. The number of aliphatic hydroxyl groups excluding tert-OH is 2. The molecule has 0 spiro atoms. The lowest BCUT2D eigenvalue weighted by Crippen LogP contribution is -2.21. The molecule has 40 heavy (non-hydrogen) atoms. The highest BCUT2D eigenvalue weighted by Gasteiger charge is 2.14. The van der Waals surface area contributed by atoms with Crippen LogP contribution in [0.15, 0.2) is 0 Å². The molecule has 0 amide bonds. The first-order chi connectivity index (χ1) is 19.4. The molecular formula is C34H68O6. The quantitative estimate of drug-likeness (QED) is 0.0717. The second kappa shape index (κ2) is 34.1. The van der Waals surface area contributed by atoms with Crippen LogP contribution in [0.2, 0.25) is 0 Å². The van der Waals surface area contributed by atoms with Crippen molar-refractivity contribution in [3.8, 4) is 0 Å². The van der Waals surface area contributed by atoms with Crippen LogP contribution in [0.3, 0.4) is 0 Å². The monoisotopic (exact) mass is 573 g/mol. The normalized spacial score (nSPS) is 12.3. The Kier molecular flexibility index (Phi) is 34.9. The molecule has 0 heterocycles. The van der Waals surface area contributed by atoms with Crippen LogP contribution in [0.4, 0.5) is 0 Å². The Morgan fingerprint density at radius 2 is 0.625 bits per heavy atom. The second-order valence-corrected chi connectivity index (χ2v) is 11.4. The number of unbranched alkanes of at least 4 members (excludes halogenated alkanes) is 22. The van der Waals surface area contributed by atoms with Crippen molar-refractivity contribution in [2.75, 3.05) is 14.2 Å². The fourth-order valence-electron chi connectivity index (χ4n) is 4.87. The smallest absolute Gasteiger partial charge is 0.334 e. The average Bonchev–Trinajstić information content (AvgIpc) is 2.97. The van der Waals surface area contributed by atoms with Gasteiger partial charge in [-0.25, -0.2) is 9.59 Å². The van der Waals surface area contributed by atoms with Gasteiger partial charge in [-0.2, -0.15) is 0 Å². The van der Waals surface area contributed by atoms with Crippen LogP contribution in [-0.2, 0) is 19.1 Å². The van der Waals surface area contributed by atoms with Gasteiger partial charge in [0, 0.05) is 0 Å². The molecule has 2 unspecified atom stereocenters. The first kappa shape index (κ1) is 41.0. The maximum atomic E-state index is 11.0. The maximum Gasteiger partial charge on any atom is 0.334 e. The predicted octanol–water partition coefficient (Wildman–Crippen LogP) is 9.22. The van der Waals surface area contributed by atoms with Gasteiger partial charge in [0.05, 0.1) is 14.2 Å². The number of hydrogen-bond acceptors (Lipinski definition) is 6. The van der Waals surface area contributed by atoms with Gasteiger partial charge in [-0.05, 0) is 12.8 Å². The van der Waals surface area contributed by atoms with Gasteiger partial charge in [0.15, 0.2) is 12.2 Å². The third kappa shape index (κ3) is 31.4. The highest BCUT2D eigenvalue weighted by atomic mass is 16.5. The standard InChI is InChI=1S/2C17H34O3/c2*1-3-4-5-6-7-8-9-10-11-12-13-14-15-16(18)17(19)20-2/h2*16,18H,3-15H2,1-2H3. The summed E-state index contributed by atoms with van der Waals surface area (Å²) in [5.74, 6) is -1.01. The van der Waals surface area contributed by atoms with Gasteiger partial charge < -0.3 is 19.7 Å².